The molecule has 0 saturated heterocycles. The van der Waals surface area contributed by atoms with Crippen molar-refractivity contribution in [1.82, 2.24) is 0 Å². The number of rotatable bonds is 2. The molecular weight excluding hydrogens is 222 g/mol. The summed E-state index contributed by atoms with van der Waals surface area (Å²) in [6, 6.07) is 6.80. The van der Waals surface area contributed by atoms with Gasteiger partial charge in [-0.1, -0.05) is 18.2 Å². The number of nitrogens with two attached hydrogens (primary N) is 1. The molecule has 0 bridgehead atoms. The van der Waals surface area contributed by atoms with E-state index in [0.29, 0.717) is 0 Å². The minimum absolute atomic E-state index is 0.174. The van der Waals surface area contributed by atoms with Crippen LogP contribution in [0.5, 0.6) is 0 Å². The third-order valence-electron chi connectivity index (χ3n) is 2.84. The summed E-state index contributed by atoms with van der Waals surface area (Å²) in [5.74, 6) is 0. The average Bonchev–Trinajstić information content (AvgIpc) is 2.29. The van der Waals surface area contributed by atoms with Gasteiger partial charge in [0.2, 0.25) is 10.0 Å². The number of primary sulfonamides is 1. The quantitative estimate of drug-likeness (QED) is 0.857. The van der Waals surface area contributed by atoms with Gasteiger partial charge in [-0.25, -0.2) is 13.6 Å². The van der Waals surface area contributed by atoms with Gasteiger partial charge in [0.1, 0.15) is 0 Å². The van der Waals surface area contributed by atoms with Gasteiger partial charge in [0.15, 0.2) is 0 Å². The standard InChI is InChI=1S/C12H15NO2S/c13-16(14,15)12-8-6-11(7-9-12)10-4-2-1-3-5-10/h4,6-9H,1-3,5H2,(H2,13,14,15). The summed E-state index contributed by atoms with van der Waals surface area (Å²) >= 11 is 0. The van der Waals surface area contributed by atoms with E-state index in [1.807, 2.05) is 12.1 Å². The zero-order chi connectivity index (χ0) is 11.6. The zero-order valence-corrected chi connectivity index (χ0v) is 9.83. The van der Waals surface area contributed by atoms with Crippen molar-refractivity contribution in [2.75, 3.05) is 0 Å². The first-order chi connectivity index (χ1) is 7.57. The van der Waals surface area contributed by atoms with E-state index in [-0.39, 0.29) is 4.90 Å². The summed E-state index contributed by atoms with van der Waals surface area (Å²) < 4.78 is 22.2. The number of benzene rings is 1. The fraction of sp³-hybridized carbons (Fsp3) is 0.333. The molecule has 0 amide bonds. The van der Waals surface area contributed by atoms with Gasteiger partial charge in [0.05, 0.1) is 4.90 Å². The minimum Gasteiger partial charge on any atom is -0.225 e. The van der Waals surface area contributed by atoms with Crippen LogP contribution in [-0.4, -0.2) is 8.42 Å². The van der Waals surface area contributed by atoms with Crippen molar-refractivity contribution in [1.29, 1.82) is 0 Å². The van der Waals surface area contributed by atoms with E-state index >= 15 is 0 Å². The van der Waals surface area contributed by atoms with Crippen molar-refractivity contribution < 1.29 is 8.42 Å². The Balaban J connectivity index is 2.29. The molecule has 0 spiro atoms. The highest BCUT2D eigenvalue weighted by Gasteiger charge is 2.09. The monoisotopic (exact) mass is 237 g/mol. The maximum absolute atomic E-state index is 11.1. The maximum atomic E-state index is 11.1. The van der Waals surface area contributed by atoms with Crippen molar-refractivity contribution in [3.8, 4) is 0 Å². The topological polar surface area (TPSA) is 60.2 Å². The lowest BCUT2D eigenvalue weighted by Crippen LogP contribution is -2.11. The van der Waals surface area contributed by atoms with Crippen molar-refractivity contribution in [2.45, 2.75) is 30.6 Å². The van der Waals surface area contributed by atoms with Gasteiger partial charge in [-0.2, -0.15) is 0 Å². The van der Waals surface area contributed by atoms with Crippen LogP contribution in [-0.2, 0) is 10.0 Å². The third kappa shape index (κ3) is 2.51. The molecule has 0 atom stereocenters. The molecule has 0 heterocycles. The molecule has 2 rings (SSSR count). The second-order valence-corrected chi connectivity index (χ2v) is 5.61. The van der Waals surface area contributed by atoms with E-state index in [2.05, 4.69) is 6.08 Å². The van der Waals surface area contributed by atoms with Crippen LogP contribution < -0.4 is 5.14 Å². The van der Waals surface area contributed by atoms with Crippen molar-refractivity contribution in [3.05, 3.63) is 35.9 Å². The van der Waals surface area contributed by atoms with E-state index in [4.69, 9.17) is 5.14 Å². The molecule has 0 radical (unpaired) electrons. The van der Waals surface area contributed by atoms with Gasteiger partial charge in [-0.05, 0) is 49.0 Å². The molecule has 0 aromatic heterocycles. The fourth-order valence-electron chi connectivity index (χ4n) is 1.96. The molecule has 0 fully saturated rings. The fourth-order valence-corrected chi connectivity index (χ4v) is 2.47. The predicted octanol–water partition coefficient (Wildman–Crippen LogP) is 2.29. The van der Waals surface area contributed by atoms with Crippen LogP contribution in [0.15, 0.2) is 35.2 Å². The van der Waals surface area contributed by atoms with Crippen LogP contribution in [0.25, 0.3) is 5.57 Å². The number of hydrogen-bond acceptors (Lipinski definition) is 2. The van der Waals surface area contributed by atoms with Gasteiger partial charge in [-0.3, -0.25) is 0 Å². The Bertz CT molecular complexity index is 500. The van der Waals surface area contributed by atoms with E-state index < -0.39 is 10.0 Å². The summed E-state index contributed by atoms with van der Waals surface area (Å²) in [5.41, 5.74) is 2.42. The maximum Gasteiger partial charge on any atom is 0.238 e. The zero-order valence-electron chi connectivity index (χ0n) is 9.02. The second kappa shape index (κ2) is 4.39. The average molecular weight is 237 g/mol. The Hall–Kier alpha value is -1.13. The lowest BCUT2D eigenvalue weighted by molar-refractivity contribution is 0.598. The van der Waals surface area contributed by atoms with E-state index in [1.165, 1.54) is 18.4 Å². The molecule has 2 N–H and O–H groups in total. The minimum atomic E-state index is -3.57. The second-order valence-electron chi connectivity index (χ2n) is 4.04. The lowest BCUT2D eigenvalue weighted by atomic mass is 9.94. The summed E-state index contributed by atoms with van der Waals surface area (Å²) in [6.07, 6.45) is 6.89. The van der Waals surface area contributed by atoms with Gasteiger partial charge in [0.25, 0.3) is 0 Å². The summed E-state index contributed by atoms with van der Waals surface area (Å²) in [7, 11) is -3.57. The highest BCUT2D eigenvalue weighted by Crippen LogP contribution is 2.27. The van der Waals surface area contributed by atoms with Crippen LogP contribution in [0.4, 0.5) is 0 Å². The molecule has 3 nitrogen and oxygen atoms in total. The Morgan fingerprint density at radius 2 is 1.75 bits per heavy atom. The van der Waals surface area contributed by atoms with Crippen LogP contribution in [0.2, 0.25) is 0 Å². The Kier molecular flexibility index (Phi) is 3.12. The third-order valence-corrected chi connectivity index (χ3v) is 3.77. The molecule has 1 aliphatic rings. The highest BCUT2D eigenvalue weighted by molar-refractivity contribution is 7.89. The Morgan fingerprint density at radius 1 is 1.06 bits per heavy atom. The largest absolute Gasteiger partial charge is 0.238 e. The lowest BCUT2D eigenvalue weighted by Gasteiger charge is -2.12. The van der Waals surface area contributed by atoms with Crippen molar-refractivity contribution in [2.24, 2.45) is 5.14 Å². The summed E-state index contributed by atoms with van der Waals surface area (Å²) in [6.45, 7) is 0. The number of hydrogen-bond donors (Lipinski definition) is 1. The first-order valence-corrected chi connectivity index (χ1v) is 6.94. The Morgan fingerprint density at radius 3 is 2.25 bits per heavy atom. The molecule has 86 valence electrons. The first kappa shape index (κ1) is 11.4. The highest BCUT2D eigenvalue weighted by atomic mass is 32.2. The van der Waals surface area contributed by atoms with E-state index in [1.54, 1.807) is 12.1 Å². The number of allylic oxidation sites excluding steroid dienone is 2. The normalized spacial score (nSPS) is 16.9. The van der Waals surface area contributed by atoms with Gasteiger partial charge < -0.3 is 0 Å². The Labute approximate surface area is 96.0 Å². The molecular formula is C12H15NO2S. The van der Waals surface area contributed by atoms with Crippen molar-refractivity contribution in [3.63, 3.8) is 0 Å². The van der Waals surface area contributed by atoms with Crippen LogP contribution in [0.1, 0.15) is 31.2 Å². The van der Waals surface area contributed by atoms with Gasteiger partial charge in [0, 0.05) is 0 Å². The van der Waals surface area contributed by atoms with Crippen LogP contribution in [0, 0.1) is 0 Å². The van der Waals surface area contributed by atoms with E-state index in [9.17, 15) is 8.42 Å². The predicted molar refractivity (Wildman–Crippen MR) is 64.3 cm³/mol. The molecule has 1 aromatic carbocycles. The number of sulfonamides is 1. The van der Waals surface area contributed by atoms with Crippen molar-refractivity contribution >= 4 is 15.6 Å². The molecule has 1 aromatic rings. The summed E-state index contributed by atoms with van der Waals surface area (Å²) in [5, 5.41) is 5.04. The van der Waals surface area contributed by atoms with Gasteiger partial charge >= 0.3 is 0 Å². The van der Waals surface area contributed by atoms with E-state index in [0.717, 1.165) is 18.4 Å². The molecule has 0 aliphatic heterocycles. The smallest absolute Gasteiger partial charge is 0.225 e. The SMILES string of the molecule is NS(=O)(=O)c1ccc(C2=CCCCC2)cc1. The molecule has 0 unspecified atom stereocenters. The molecule has 16 heavy (non-hydrogen) atoms. The molecule has 4 heteroatoms. The molecule has 1 aliphatic carbocycles. The molecule has 0 saturated carbocycles. The van der Waals surface area contributed by atoms with Crippen LogP contribution in [0.3, 0.4) is 0 Å². The van der Waals surface area contributed by atoms with Crippen LogP contribution >= 0.6 is 0 Å². The summed E-state index contributed by atoms with van der Waals surface area (Å²) in [4.78, 5) is 0.174. The first-order valence-electron chi connectivity index (χ1n) is 5.40. The van der Waals surface area contributed by atoms with Gasteiger partial charge in [-0.15, -0.1) is 0 Å².